The molecule has 8 heteroatoms. The van der Waals surface area contributed by atoms with Crippen molar-refractivity contribution >= 4 is 58.2 Å². The van der Waals surface area contributed by atoms with E-state index in [1.165, 1.54) is 4.90 Å². The number of carbonyl (C=O) groups is 2. The molecule has 0 aliphatic carbocycles. The van der Waals surface area contributed by atoms with E-state index in [1.807, 2.05) is 13.8 Å². The zero-order chi connectivity index (χ0) is 22.4. The summed E-state index contributed by atoms with van der Waals surface area (Å²) in [6.45, 7) is 6.41. The number of amides is 2. The molecule has 0 aliphatic heterocycles. The van der Waals surface area contributed by atoms with Gasteiger partial charge in [-0.05, 0) is 48.2 Å². The number of benzene rings is 2. The third-order valence-electron chi connectivity index (χ3n) is 4.58. The molecule has 2 aromatic carbocycles. The van der Waals surface area contributed by atoms with Gasteiger partial charge in [0.2, 0.25) is 11.8 Å². The quantitative estimate of drug-likeness (QED) is 0.491. The van der Waals surface area contributed by atoms with Crippen molar-refractivity contribution in [3.63, 3.8) is 0 Å². The third-order valence-corrected chi connectivity index (χ3v) is 6.03. The Morgan fingerprint density at radius 1 is 0.933 bits per heavy atom. The first-order valence-corrected chi connectivity index (χ1v) is 11.0. The minimum absolute atomic E-state index is 0.0262. The summed E-state index contributed by atoms with van der Waals surface area (Å²) in [5, 5.41) is 4.49. The second kappa shape index (κ2) is 11.2. The minimum atomic E-state index is -0.702. The fourth-order valence-corrected chi connectivity index (χ4v) is 3.68. The van der Waals surface area contributed by atoms with Crippen LogP contribution in [0.25, 0.3) is 0 Å². The van der Waals surface area contributed by atoms with Crippen molar-refractivity contribution in [3.8, 4) is 0 Å². The highest BCUT2D eigenvalue weighted by atomic mass is 35.5. The Hall–Kier alpha value is -1.46. The Kier molecular flexibility index (Phi) is 9.30. The fraction of sp³-hybridized carbons (Fsp3) is 0.364. The van der Waals surface area contributed by atoms with Crippen molar-refractivity contribution in [2.45, 2.75) is 39.8 Å². The fourth-order valence-electron chi connectivity index (χ4n) is 2.82. The number of nitrogens with one attached hydrogen (secondary N) is 1. The summed E-state index contributed by atoms with van der Waals surface area (Å²) < 4.78 is 0. The van der Waals surface area contributed by atoms with Crippen molar-refractivity contribution in [2.24, 2.45) is 5.92 Å². The molecule has 0 spiro atoms. The SMILES string of the molecule is CC(C)CNC(=O)[C@@H](C)N(Cc1ccc(Cl)c(Cl)c1)C(=O)Cc1c(Cl)cccc1Cl. The van der Waals surface area contributed by atoms with E-state index in [4.69, 9.17) is 46.4 Å². The molecule has 2 rings (SSSR count). The predicted molar refractivity (Wildman–Crippen MR) is 124 cm³/mol. The lowest BCUT2D eigenvalue weighted by atomic mass is 10.1. The molecule has 0 aliphatic rings. The van der Waals surface area contributed by atoms with Gasteiger partial charge in [-0.2, -0.15) is 0 Å². The number of carbonyl (C=O) groups excluding carboxylic acids is 2. The zero-order valence-electron chi connectivity index (χ0n) is 17.0. The molecule has 0 heterocycles. The van der Waals surface area contributed by atoms with Gasteiger partial charge >= 0.3 is 0 Å². The van der Waals surface area contributed by atoms with Gasteiger partial charge in [0, 0.05) is 23.1 Å². The lowest BCUT2D eigenvalue weighted by molar-refractivity contribution is -0.140. The van der Waals surface area contributed by atoms with Crippen LogP contribution in [-0.2, 0) is 22.6 Å². The van der Waals surface area contributed by atoms with Crippen LogP contribution in [0.3, 0.4) is 0 Å². The first-order valence-electron chi connectivity index (χ1n) is 9.54. The Balaban J connectivity index is 2.30. The molecule has 4 nitrogen and oxygen atoms in total. The molecule has 30 heavy (non-hydrogen) atoms. The van der Waals surface area contributed by atoms with Crippen LogP contribution in [0, 0.1) is 5.92 Å². The Bertz CT molecular complexity index is 898. The van der Waals surface area contributed by atoms with Gasteiger partial charge in [-0.15, -0.1) is 0 Å². The van der Waals surface area contributed by atoms with E-state index in [0.29, 0.717) is 38.1 Å². The summed E-state index contributed by atoms with van der Waals surface area (Å²) in [6, 6.07) is 9.49. The summed E-state index contributed by atoms with van der Waals surface area (Å²) in [5.41, 5.74) is 1.28. The average Bonchev–Trinajstić information content (AvgIpc) is 2.69. The van der Waals surface area contributed by atoms with Crippen LogP contribution in [-0.4, -0.2) is 29.3 Å². The van der Waals surface area contributed by atoms with Gasteiger partial charge in [-0.25, -0.2) is 0 Å². The molecule has 0 saturated heterocycles. The maximum atomic E-state index is 13.2. The van der Waals surface area contributed by atoms with Crippen LogP contribution in [0.2, 0.25) is 20.1 Å². The van der Waals surface area contributed by atoms with Crippen molar-refractivity contribution in [1.29, 1.82) is 0 Å². The van der Waals surface area contributed by atoms with Gasteiger partial charge in [0.25, 0.3) is 0 Å². The number of nitrogens with zero attached hydrogens (tertiary/aromatic N) is 1. The molecule has 0 saturated carbocycles. The second-order valence-corrected chi connectivity index (χ2v) is 9.09. The van der Waals surface area contributed by atoms with E-state index in [0.717, 1.165) is 5.56 Å². The molecule has 162 valence electrons. The summed E-state index contributed by atoms with van der Waals surface area (Å²) >= 11 is 24.6. The molecule has 1 N–H and O–H groups in total. The van der Waals surface area contributed by atoms with Crippen LogP contribution in [0.1, 0.15) is 31.9 Å². The van der Waals surface area contributed by atoms with Crippen LogP contribution in [0.4, 0.5) is 0 Å². The first-order chi connectivity index (χ1) is 14.1. The molecular weight excluding hydrogens is 466 g/mol. The van der Waals surface area contributed by atoms with Crippen LogP contribution < -0.4 is 5.32 Å². The van der Waals surface area contributed by atoms with E-state index < -0.39 is 6.04 Å². The third kappa shape index (κ3) is 6.78. The smallest absolute Gasteiger partial charge is 0.242 e. The van der Waals surface area contributed by atoms with Gasteiger partial charge in [-0.3, -0.25) is 9.59 Å². The Labute approximate surface area is 197 Å². The molecule has 1 atom stereocenters. The minimum Gasteiger partial charge on any atom is -0.354 e. The topological polar surface area (TPSA) is 49.4 Å². The van der Waals surface area contributed by atoms with E-state index in [1.54, 1.807) is 43.3 Å². The lowest BCUT2D eigenvalue weighted by Gasteiger charge is -2.29. The largest absolute Gasteiger partial charge is 0.354 e. The van der Waals surface area contributed by atoms with Crippen molar-refractivity contribution in [2.75, 3.05) is 6.54 Å². The average molecular weight is 490 g/mol. The Morgan fingerprint density at radius 3 is 2.13 bits per heavy atom. The summed E-state index contributed by atoms with van der Waals surface area (Å²) in [5.74, 6) is -0.215. The van der Waals surface area contributed by atoms with E-state index in [2.05, 4.69) is 5.32 Å². The van der Waals surface area contributed by atoms with Crippen LogP contribution in [0.5, 0.6) is 0 Å². The highest BCUT2D eigenvalue weighted by molar-refractivity contribution is 6.42. The number of hydrogen-bond donors (Lipinski definition) is 1. The standard InChI is InChI=1S/C22H24Cl4N2O2/c1-13(2)11-27-22(30)14(3)28(12-15-7-8-19(25)20(26)9-15)21(29)10-16-17(23)5-4-6-18(16)24/h4-9,13-14H,10-12H2,1-3H3,(H,27,30)/t14-/m1/s1. The zero-order valence-corrected chi connectivity index (χ0v) is 20.0. The summed E-state index contributed by atoms with van der Waals surface area (Å²) in [4.78, 5) is 27.4. The summed E-state index contributed by atoms with van der Waals surface area (Å²) in [6.07, 6.45) is -0.0262. The monoisotopic (exact) mass is 488 g/mol. The predicted octanol–water partition coefficient (Wildman–Crippen LogP) is 6.03. The number of halogens is 4. The molecule has 2 amide bonds. The molecule has 0 fully saturated rings. The highest BCUT2D eigenvalue weighted by Gasteiger charge is 2.27. The molecule has 0 bridgehead atoms. The number of hydrogen-bond acceptors (Lipinski definition) is 2. The van der Waals surface area contributed by atoms with Gasteiger partial charge in [0.05, 0.1) is 16.5 Å². The second-order valence-electron chi connectivity index (χ2n) is 7.46. The molecule has 0 radical (unpaired) electrons. The van der Waals surface area contributed by atoms with E-state index in [-0.39, 0.29) is 24.8 Å². The molecule has 2 aromatic rings. The van der Waals surface area contributed by atoms with Gasteiger partial charge in [0.1, 0.15) is 6.04 Å². The van der Waals surface area contributed by atoms with Gasteiger partial charge in [-0.1, -0.05) is 72.4 Å². The summed E-state index contributed by atoms with van der Waals surface area (Å²) in [7, 11) is 0. The molecule has 0 unspecified atom stereocenters. The molecule has 0 aromatic heterocycles. The van der Waals surface area contributed by atoms with Gasteiger partial charge in [0.15, 0.2) is 0 Å². The van der Waals surface area contributed by atoms with Crippen LogP contribution >= 0.6 is 46.4 Å². The van der Waals surface area contributed by atoms with Crippen molar-refractivity contribution < 1.29 is 9.59 Å². The van der Waals surface area contributed by atoms with Crippen molar-refractivity contribution in [3.05, 3.63) is 67.6 Å². The first kappa shape index (κ1) is 24.8. The number of rotatable bonds is 8. The normalized spacial score (nSPS) is 12.0. The Morgan fingerprint density at radius 2 is 1.57 bits per heavy atom. The van der Waals surface area contributed by atoms with Gasteiger partial charge < -0.3 is 10.2 Å². The van der Waals surface area contributed by atoms with E-state index in [9.17, 15) is 9.59 Å². The maximum Gasteiger partial charge on any atom is 0.242 e. The van der Waals surface area contributed by atoms with Crippen molar-refractivity contribution in [1.82, 2.24) is 10.2 Å². The molecular formula is C22H24Cl4N2O2. The van der Waals surface area contributed by atoms with Crippen LogP contribution in [0.15, 0.2) is 36.4 Å². The maximum absolute atomic E-state index is 13.2. The lowest BCUT2D eigenvalue weighted by Crippen LogP contribution is -2.48. The van der Waals surface area contributed by atoms with E-state index >= 15 is 0 Å². The highest BCUT2D eigenvalue weighted by Crippen LogP contribution is 2.27.